The summed E-state index contributed by atoms with van der Waals surface area (Å²) in [6, 6.07) is 7.80. The smallest absolute Gasteiger partial charge is 0.150 e. The van der Waals surface area contributed by atoms with Crippen LogP contribution in [0.3, 0.4) is 0 Å². The molecule has 1 aromatic rings. The van der Waals surface area contributed by atoms with E-state index in [9.17, 15) is 4.79 Å². The molecule has 0 heterocycles. The molecule has 0 aliphatic heterocycles. The van der Waals surface area contributed by atoms with Crippen molar-refractivity contribution in [3.8, 4) is 0 Å². The third kappa shape index (κ3) is 4.15. The summed E-state index contributed by atoms with van der Waals surface area (Å²) in [5.74, 6) is 0.549. The van der Waals surface area contributed by atoms with E-state index in [1.54, 1.807) is 0 Å². The Morgan fingerprint density at radius 1 is 1.38 bits per heavy atom. The maximum absolute atomic E-state index is 11.7. The van der Waals surface area contributed by atoms with E-state index in [2.05, 4.69) is 6.07 Å². The molecule has 0 fully saturated rings. The van der Waals surface area contributed by atoms with E-state index in [1.165, 1.54) is 5.56 Å². The van der Waals surface area contributed by atoms with Crippen LogP contribution in [0.1, 0.15) is 31.4 Å². The van der Waals surface area contributed by atoms with Gasteiger partial charge in [-0.1, -0.05) is 43.7 Å². The maximum atomic E-state index is 11.7. The van der Waals surface area contributed by atoms with Crippen LogP contribution < -0.4 is 5.73 Å². The summed E-state index contributed by atoms with van der Waals surface area (Å²) in [5, 5.41) is 0. The van der Waals surface area contributed by atoms with E-state index < -0.39 is 0 Å². The molecule has 2 heteroatoms. The molecule has 0 saturated heterocycles. The molecule has 16 heavy (non-hydrogen) atoms. The summed E-state index contributed by atoms with van der Waals surface area (Å²) >= 11 is 0. The third-order valence-corrected chi connectivity index (χ3v) is 2.56. The molecule has 0 bridgehead atoms. The number of carbonyl (C=O) groups excluding carboxylic acids is 1. The van der Waals surface area contributed by atoms with Gasteiger partial charge in [0.25, 0.3) is 0 Å². The monoisotopic (exact) mass is 219 g/mol. The first-order valence-corrected chi connectivity index (χ1v) is 5.83. The van der Waals surface area contributed by atoms with Crippen LogP contribution in [0.5, 0.6) is 0 Å². The lowest BCUT2D eigenvalue weighted by Crippen LogP contribution is -2.33. The van der Waals surface area contributed by atoms with Crippen LogP contribution in [0.25, 0.3) is 0 Å². The molecular weight excluding hydrogens is 198 g/mol. The number of ketones is 1. The number of carbonyl (C=O) groups is 1. The Morgan fingerprint density at radius 2 is 2.06 bits per heavy atom. The van der Waals surface area contributed by atoms with Crippen molar-refractivity contribution in [2.45, 2.75) is 39.7 Å². The van der Waals surface area contributed by atoms with E-state index in [0.717, 1.165) is 5.56 Å². The van der Waals surface area contributed by atoms with Gasteiger partial charge < -0.3 is 5.73 Å². The van der Waals surface area contributed by atoms with Gasteiger partial charge >= 0.3 is 0 Å². The highest BCUT2D eigenvalue weighted by molar-refractivity contribution is 5.84. The lowest BCUT2D eigenvalue weighted by Gasteiger charge is -2.12. The van der Waals surface area contributed by atoms with Crippen LogP contribution in [-0.4, -0.2) is 11.8 Å². The molecule has 0 saturated carbocycles. The molecule has 0 aliphatic rings. The molecule has 0 amide bonds. The Kier molecular flexibility index (Phi) is 4.69. The summed E-state index contributed by atoms with van der Waals surface area (Å²) < 4.78 is 0. The summed E-state index contributed by atoms with van der Waals surface area (Å²) in [7, 11) is 0. The molecule has 0 aromatic heterocycles. The highest BCUT2D eigenvalue weighted by atomic mass is 16.1. The zero-order valence-corrected chi connectivity index (χ0v) is 10.4. The van der Waals surface area contributed by atoms with E-state index >= 15 is 0 Å². The zero-order chi connectivity index (χ0) is 12.1. The largest absolute Gasteiger partial charge is 0.321 e. The molecule has 1 rings (SSSR count). The number of hydrogen-bond donors (Lipinski definition) is 1. The first kappa shape index (κ1) is 12.9. The second-order valence-electron chi connectivity index (χ2n) is 4.86. The van der Waals surface area contributed by atoms with E-state index in [0.29, 0.717) is 18.8 Å². The summed E-state index contributed by atoms with van der Waals surface area (Å²) in [6.07, 6.45) is 1.22. The van der Waals surface area contributed by atoms with Crippen LogP contribution in [0.2, 0.25) is 0 Å². The van der Waals surface area contributed by atoms with Gasteiger partial charge in [-0.05, 0) is 24.8 Å². The molecule has 0 aliphatic carbocycles. The number of nitrogens with two attached hydrogens (primary N) is 1. The highest BCUT2D eigenvalue weighted by Crippen LogP contribution is 2.09. The fourth-order valence-corrected chi connectivity index (χ4v) is 1.76. The van der Waals surface area contributed by atoms with Gasteiger partial charge in [-0.3, -0.25) is 4.79 Å². The van der Waals surface area contributed by atoms with Gasteiger partial charge in [-0.15, -0.1) is 0 Å². The molecule has 1 unspecified atom stereocenters. The van der Waals surface area contributed by atoms with Gasteiger partial charge in [0.1, 0.15) is 5.78 Å². The normalized spacial score (nSPS) is 12.8. The fourth-order valence-electron chi connectivity index (χ4n) is 1.76. The molecule has 2 nitrogen and oxygen atoms in total. The Hall–Kier alpha value is -1.15. The van der Waals surface area contributed by atoms with Gasteiger partial charge in [-0.2, -0.15) is 0 Å². The Labute approximate surface area is 97.9 Å². The second-order valence-corrected chi connectivity index (χ2v) is 4.86. The average Bonchev–Trinajstić information content (AvgIpc) is 2.16. The SMILES string of the molecule is Cc1cccc(CC(N)C(=O)CC(C)C)c1. The van der Waals surface area contributed by atoms with Gasteiger partial charge in [-0.25, -0.2) is 0 Å². The molecule has 0 radical (unpaired) electrons. The van der Waals surface area contributed by atoms with Crippen molar-refractivity contribution in [1.29, 1.82) is 0 Å². The molecule has 0 spiro atoms. The number of benzene rings is 1. The standard InChI is InChI=1S/C14H21NO/c1-10(2)7-14(16)13(15)9-12-6-4-5-11(3)8-12/h4-6,8,10,13H,7,9,15H2,1-3H3. The molecule has 2 N–H and O–H groups in total. The fraction of sp³-hybridized carbons (Fsp3) is 0.500. The second kappa shape index (κ2) is 5.80. The molecule has 1 atom stereocenters. The number of aryl methyl sites for hydroxylation is 1. The minimum atomic E-state index is -0.357. The quantitative estimate of drug-likeness (QED) is 0.826. The topological polar surface area (TPSA) is 43.1 Å². The van der Waals surface area contributed by atoms with Gasteiger partial charge in [0, 0.05) is 6.42 Å². The van der Waals surface area contributed by atoms with Crippen LogP contribution in [0, 0.1) is 12.8 Å². The molecule has 88 valence electrons. The van der Waals surface area contributed by atoms with Crippen molar-refractivity contribution in [2.24, 2.45) is 11.7 Å². The summed E-state index contributed by atoms with van der Waals surface area (Å²) in [4.78, 5) is 11.7. The van der Waals surface area contributed by atoms with Crippen molar-refractivity contribution >= 4 is 5.78 Å². The van der Waals surface area contributed by atoms with Crippen LogP contribution >= 0.6 is 0 Å². The first-order chi connectivity index (χ1) is 7.49. The highest BCUT2D eigenvalue weighted by Gasteiger charge is 2.15. The number of Topliss-reactive ketones (excluding diaryl/α,β-unsaturated/α-hetero) is 1. The number of hydrogen-bond acceptors (Lipinski definition) is 2. The minimum Gasteiger partial charge on any atom is -0.321 e. The summed E-state index contributed by atoms with van der Waals surface area (Å²) in [6.45, 7) is 6.12. The van der Waals surface area contributed by atoms with Crippen molar-refractivity contribution in [2.75, 3.05) is 0 Å². The maximum Gasteiger partial charge on any atom is 0.150 e. The van der Waals surface area contributed by atoms with Crippen LogP contribution in [0.15, 0.2) is 24.3 Å². The Balaban J connectivity index is 2.57. The van der Waals surface area contributed by atoms with Crippen molar-refractivity contribution in [3.63, 3.8) is 0 Å². The van der Waals surface area contributed by atoms with Crippen LogP contribution in [0.4, 0.5) is 0 Å². The lowest BCUT2D eigenvalue weighted by atomic mass is 9.96. The van der Waals surface area contributed by atoms with Gasteiger partial charge in [0.2, 0.25) is 0 Å². The minimum absolute atomic E-state index is 0.163. The van der Waals surface area contributed by atoms with Crippen molar-refractivity contribution < 1.29 is 4.79 Å². The van der Waals surface area contributed by atoms with E-state index in [-0.39, 0.29) is 11.8 Å². The molecular formula is C14H21NO. The lowest BCUT2D eigenvalue weighted by molar-refractivity contribution is -0.120. The predicted molar refractivity (Wildman–Crippen MR) is 67.3 cm³/mol. The molecule has 1 aromatic carbocycles. The third-order valence-electron chi connectivity index (χ3n) is 2.56. The average molecular weight is 219 g/mol. The van der Waals surface area contributed by atoms with E-state index in [4.69, 9.17) is 5.73 Å². The predicted octanol–water partition coefficient (Wildman–Crippen LogP) is 2.48. The first-order valence-electron chi connectivity index (χ1n) is 5.83. The Morgan fingerprint density at radius 3 is 2.62 bits per heavy atom. The van der Waals surface area contributed by atoms with Crippen molar-refractivity contribution in [1.82, 2.24) is 0 Å². The zero-order valence-electron chi connectivity index (χ0n) is 10.4. The van der Waals surface area contributed by atoms with Crippen molar-refractivity contribution in [3.05, 3.63) is 35.4 Å². The van der Waals surface area contributed by atoms with Gasteiger partial charge in [0.15, 0.2) is 0 Å². The van der Waals surface area contributed by atoms with Gasteiger partial charge in [0.05, 0.1) is 6.04 Å². The number of rotatable bonds is 5. The van der Waals surface area contributed by atoms with Crippen LogP contribution in [-0.2, 0) is 11.2 Å². The Bertz CT molecular complexity index is 358. The summed E-state index contributed by atoms with van der Waals surface area (Å²) in [5.41, 5.74) is 8.25. The van der Waals surface area contributed by atoms with E-state index in [1.807, 2.05) is 39.0 Å².